The van der Waals surface area contributed by atoms with Crippen molar-refractivity contribution in [2.24, 2.45) is 5.92 Å². The molecule has 2 aromatic heterocycles. The highest BCUT2D eigenvalue weighted by atomic mass is 16.5. The molecule has 106 valence electrons. The van der Waals surface area contributed by atoms with Crippen LogP contribution in [0.2, 0.25) is 0 Å². The molecule has 0 atom stereocenters. The molecule has 2 heterocycles. The quantitative estimate of drug-likeness (QED) is 0.696. The fourth-order valence-electron chi connectivity index (χ4n) is 1.70. The highest BCUT2D eigenvalue weighted by Crippen LogP contribution is 2.09. The van der Waals surface area contributed by atoms with Crippen molar-refractivity contribution in [3.8, 4) is 5.75 Å². The van der Waals surface area contributed by atoms with Crippen LogP contribution in [-0.4, -0.2) is 36.9 Å². The lowest BCUT2D eigenvalue weighted by Crippen LogP contribution is -2.30. The first kappa shape index (κ1) is 14.5. The summed E-state index contributed by atoms with van der Waals surface area (Å²) in [5.74, 6) is 1.63. The lowest BCUT2D eigenvalue weighted by Gasteiger charge is -2.10. The molecular formula is C12H17BN4O3. The molecule has 20 heavy (non-hydrogen) atoms. The van der Waals surface area contributed by atoms with Gasteiger partial charge in [0, 0.05) is 18.2 Å². The normalized spacial score (nSPS) is 10.8. The third kappa shape index (κ3) is 3.78. The van der Waals surface area contributed by atoms with Crippen molar-refractivity contribution >= 4 is 12.6 Å². The summed E-state index contributed by atoms with van der Waals surface area (Å²) in [7, 11) is -1.56. The van der Waals surface area contributed by atoms with Crippen LogP contribution in [0.3, 0.4) is 0 Å². The molecule has 0 saturated carbocycles. The molecule has 8 heteroatoms. The monoisotopic (exact) mass is 276 g/mol. The van der Waals surface area contributed by atoms with Crippen LogP contribution >= 0.6 is 0 Å². The lowest BCUT2D eigenvalue weighted by molar-refractivity contribution is 0.281. The maximum Gasteiger partial charge on any atom is 0.490 e. The van der Waals surface area contributed by atoms with Gasteiger partial charge >= 0.3 is 7.12 Å². The largest absolute Gasteiger partial charge is 0.490 e. The van der Waals surface area contributed by atoms with Crippen LogP contribution < -0.4 is 10.2 Å². The van der Waals surface area contributed by atoms with Gasteiger partial charge in [0.1, 0.15) is 18.7 Å². The van der Waals surface area contributed by atoms with Crippen molar-refractivity contribution in [1.29, 1.82) is 0 Å². The molecular weight excluding hydrogens is 259 g/mol. The molecule has 0 spiro atoms. The van der Waals surface area contributed by atoms with E-state index in [1.54, 1.807) is 4.68 Å². The first-order valence-corrected chi connectivity index (χ1v) is 6.37. The number of pyridine rings is 1. The molecule has 0 aromatic carbocycles. The van der Waals surface area contributed by atoms with Gasteiger partial charge in [-0.25, -0.2) is 9.67 Å². The van der Waals surface area contributed by atoms with Crippen LogP contribution in [0.25, 0.3) is 0 Å². The summed E-state index contributed by atoms with van der Waals surface area (Å²) in [5, 5.41) is 22.3. The minimum atomic E-state index is -1.56. The van der Waals surface area contributed by atoms with E-state index in [2.05, 4.69) is 28.9 Å². The second kappa shape index (κ2) is 6.49. The average Bonchev–Trinajstić information content (AvgIpc) is 2.83. The van der Waals surface area contributed by atoms with Crippen molar-refractivity contribution in [2.45, 2.75) is 27.0 Å². The van der Waals surface area contributed by atoms with Gasteiger partial charge in [-0.2, -0.15) is 5.10 Å². The molecule has 7 nitrogen and oxygen atoms in total. The van der Waals surface area contributed by atoms with Gasteiger partial charge in [0.15, 0.2) is 5.82 Å². The smallest absolute Gasteiger partial charge is 0.484 e. The van der Waals surface area contributed by atoms with Gasteiger partial charge in [-0.1, -0.05) is 13.8 Å². The summed E-state index contributed by atoms with van der Waals surface area (Å²) in [4.78, 5) is 8.04. The van der Waals surface area contributed by atoms with Crippen molar-refractivity contribution in [2.75, 3.05) is 0 Å². The zero-order valence-electron chi connectivity index (χ0n) is 11.5. The molecule has 0 bridgehead atoms. The van der Waals surface area contributed by atoms with E-state index in [1.165, 1.54) is 24.8 Å². The van der Waals surface area contributed by atoms with Gasteiger partial charge in [0.2, 0.25) is 0 Å². The van der Waals surface area contributed by atoms with E-state index in [9.17, 15) is 0 Å². The average molecular weight is 276 g/mol. The Kier molecular flexibility index (Phi) is 4.70. The number of ether oxygens (including phenoxy) is 1. The predicted molar refractivity (Wildman–Crippen MR) is 73.3 cm³/mol. The Labute approximate surface area is 117 Å². The maximum absolute atomic E-state index is 9.08. The number of hydrogen-bond acceptors (Lipinski definition) is 6. The van der Waals surface area contributed by atoms with Crippen LogP contribution in [0.5, 0.6) is 5.75 Å². The summed E-state index contributed by atoms with van der Waals surface area (Å²) in [5.41, 5.74) is 0.283. The molecule has 0 unspecified atom stereocenters. The third-order valence-corrected chi connectivity index (χ3v) is 2.63. The zero-order valence-corrected chi connectivity index (χ0v) is 11.5. The van der Waals surface area contributed by atoms with Gasteiger partial charge in [0.25, 0.3) is 0 Å². The topological polar surface area (TPSA) is 93.3 Å². The van der Waals surface area contributed by atoms with Gasteiger partial charge in [-0.15, -0.1) is 0 Å². The number of aromatic nitrogens is 4. The summed E-state index contributed by atoms with van der Waals surface area (Å²) < 4.78 is 7.35. The predicted octanol–water partition coefficient (Wildman–Crippen LogP) is -0.412. The Morgan fingerprint density at radius 2 is 2.15 bits per heavy atom. The van der Waals surface area contributed by atoms with Crippen LogP contribution in [0, 0.1) is 5.92 Å². The molecule has 2 aromatic rings. The van der Waals surface area contributed by atoms with Gasteiger partial charge in [0.05, 0.1) is 6.20 Å². The van der Waals surface area contributed by atoms with Gasteiger partial charge in [-0.3, -0.25) is 4.98 Å². The van der Waals surface area contributed by atoms with Crippen LogP contribution in [0.4, 0.5) is 0 Å². The van der Waals surface area contributed by atoms with E-state index in [4.69, 9.17) is 14.8 Å². The molecule has 0 aliphatic heterocycles. The zero-order chi connectivity index (χ0) is 14.5. The molecule has 0 radical (unpaired) electrons. The Morgan fingerprint density at radius 1 is 1.35 bits per heavy atom. The molecule has 2 N–H and O–H groups in total. The Bertz CT molecular complexity index is 559. The van der Waals surface area contributed by atoms with Gasteiger partial charge in [-0.05, 0) is 12.0 Å². The molecule has 0 saturated heterocycles. The SMILES string of the molecule is CC(C)Cn1ncnc1COc1cncc(B(O)O)c1. The Balaban J connectivity index is 2.02. The van der Waals surface area contributed by atoms with E-state index in [0.717, 1.165) is 6.54 Å². The van der Waals surface area contributed by atoms with Crippen molar-refractivity contribution in [1.82, 2.24) is 19.7 Å². The fraction of sp³-hybridized carbons (Fsp3) is 0.417. The number of nitrogens with zero attached hydrogens (tertiary/aromatic N) is 4. The number of hydrogen-bond donors (Lipinski definition) is 2. The lowest BCUT2D eigenvalue weighted by atomic mass is 9.82. The minimum absolute atomic E-state index is 0.249. The molecule has 2 rings (SSSR count). The van der Waals surface area contributed by atoms with Crippen molar-refractivity contribution in [3.63, 3.8) is 0 Å². The van der Waals surface area contributed by atoms with Gasteiger partial charge < -0.3 is 14.8 Å². The van der Waals surface area contributed by atoms with E-state index >= 15 is 0 Å². The van der Waals surface area contributed by atoms with E-state index in [-0.39, 0.29) is 12.1 Å². The summed E-state index contributed by atoms with van der Waals surface area (Å²) >= 11 is 0. The van der Waals surface area contributed by atoms with Crippen molar-refractivity contribution < 1.29 is 14.8 Å². The molecule has 0 aliphatic rings. The second-order valence-electron chi connectivity index (χ2n) is 4.87. The summed E-state index contributed by atoms with van der Waals surface area (Å²) in [6.45, 7) is 5.22. The molecule has 0 fully saturated rings. The first-order chi connectivity index (χ1) is 9.56. The van der Waals surface area contributed by atoms with Crippen LogP contribution in [-0.2, 0) is 13.2 Å². The van der Waals surface area contributed by atoms with Crippen molar-refractivity contribution in [3.05, 3.63) is 30.6 Å². The Morgan fingerprint density at radius 3 is 2.85 bits per heavy atom. The first-order valence-electron chi connectivity index (χ1n) is 6.37. The molecule has 0 aliphatic carbocycles. The number of rotatable bonds is 6. The van der Waals surface area contributed by atoms with Crippen LogP contribution in [0.15, 0.2) is 24.8 Å². The summed E-state index contributed by atoms with van der Waals surface area (Å²) in [6, 6.07) is 1.53. The highest BCUT2D eigenvalue weighted by molar-refractivity contribution is 6.58. The molecule has 0 amide bonds. The second-order valence-corrected chi connectivity index (χ2v) is 4.87. The fourth-order valence-corrected chi connectivity index (χ4v) is 1.70. The van der Waals surface area contributed by atoms with Crippen LogP contribution in [0.1, 0.15) is 19.7 Å². The maximum atomic E-state index is 9.08. The van der Waals surface area contributed by atoms with E-state index in [1.807, 2.05) is 0 Å². The highest BCUT2D eigenvalue weighted by Gasteiger charge is 2.13. The minimum Gasteiger partial charge on any atom is -0.484 e. The third-order valence-electron chi connectivity index (χ3n) is 2.63. The summed E-state index contributed by atoms with van der Waals surface area (Å²) in [6.07, 6.45) is 4.38. The van der Waals surface area contributed by atoms with E-state index < -0.39 is 7.12 Å². The van der Waals surface area contributed by atoms with E-state index in [0.29, 0.717) is 17.5 Å². The standard InChI is InChI=1S/C12H17BN4O3/c1-9(2)6-17-12(15-8-16-17)7-20-11-3-10(13(18)19)4-14-5-11/h3-5,8-9,18-19H,6-7H2,1-2H3. The Hall–Kier alpha value is -1.93.